The number of nitrogens with one attached hydrogen (secondary N) is 1. The van der Waals surface area contributed by atoms with Crippen LogP contribution in [0.5, 0.6) is 0 Å². The highest BCUT2D eigenvalue weighted by atomic mass is 16.1. The SMILES string of the molecule is CCCC(=O)NCC1CCCc2ccccc21. The maximum Gasteiger partial charge on any atom is 0.220 e. The lowest BCUT2D eigenvalue weighted by Gasteiger charge is -2.25. The van der Waals surface area contributed by atoms with Crippen LogP contribution in [-0.2, 0) is 11.2 Å². The Kier molecular flexibility index (Phi) is 4.18. The first-order valence-corrected chi connectivity index (χ1v) is 6.65. The van der Waals surface area contributed by atoms with Crippen LogP contribution in [0.3, 0.4) is 0 Å². The molecule has 0 saturated heterocycles. The molecule has 1 unspecified atom stereocenters. The smallest absolute Gasteiger partial charge is 0.220 e. The number of amides is 1. The molecule has 2 heteroatoms. The lowest BCUT2D eigenvalue weighted by molar-refractivity contribution is -0.121. The Morgan fingerprint density at radius 1 is 1.41 bits per heavy atom. The standard InChI is InChI=1S/C15H21NO/c1-2-6-15(17)16-11-13-9-5-8-12-7-3-4-10-14(12)13/h3-4,7,10,13H,2,5-6,8-9,11H2,1H3,(H,16,17). The van der Waals surface area contributed by atoms with Crippen LogP contribution in [0.25, 0.3) is 0 Å². The zero-order valence-corrected chi connectivity index (χ0v) is 10.5. The normalized spacial score (nSPS) is 18.5. The van der Waals surface area contributed by atoms with Gasteiger partial charge >= 0.3 is 0 Å². The number of hydrogen-bond donors (Lipinski definition) is 1. The summed E-state index contributed by atoms with van der Waals surface area (Å²) in [5.41, 5.74) is 2.91. The second-order valence-corrected chi connectivity index (χ2v) is 4.84. The Morgan fingerprint density at radius 2 is 2.24 bits per heavy atom. The van der Waals surface area contributed by atoms with Crippen LogP contribution in [0.1, 0.15) is 49.7 Å². The van der Waals surface area contributed by atoms with E-state index in [0.29, 0.717) is 12.3 Å². The van der Waals surface area contributed by atoms with Crippen molar-refractivity contribution in [1.29, 1.82) is 0 Å². The van der Waals surface area contributed by atoms with E-state index in [2.05, 4.69) is 29.6 Å². The van der Waals surface area contributed by atoms with Crippen molar-refractivity contribution in [2.24, 2.45) is 0 Å². The molecule has 0 radical (unpaired) electrons. The van der Waals surface area contributed by atoms with Crippen LogP contribution in [0, 0.1) is 0 Å². The highest BCUT2D eigenvalue weighted by Crippen LogP contribution is 2.30. The van der Waals surface area contributed by atoms with E-state index in [1.165, 1.54) is 30.4 Å². The second-order valence-electron chi connectivity index (χ2n) is 4.84. The van der Waals surface area contributed by atoms with Gasteiger partial charge in [-0.3, -0.25) is 4.79 Å². The molecule has 0 saturated carbocycles. The molecule has 0 fully saturated rings. The van der Waals surface area contributed by atoms with E-state index in [0.717, 1.165) is 13.0 Å². The quantitative estimate of drug-likeness (QED) is 0.848. The minimum atomic E-state index is 0.190. The van der Waals surface area contributed by atoms with Crippen molar-refractivity contribution in [2.75, 3.05) is 6.54 Å². The van der Waals surface area contributed by atoms with Crippen molar-refractivity contribution in [3.05, 3.63) is 35.4 Å². The summed E-state index contributed by atoms with van der Waals surface area (Å²) >= 11 is 0. The molecule has 0 bridgehead atoms. The third-order valence-corrected chi connectivity index (χ3v) is 3.52. The van der Waals surface area contributed by atoms with Gasteiger partial charge in [-0.05, 0) is 36.8 Å². The molecule has 0 spiro atoms. The molecule has 1 aromatic carbocycles. The predicted molar refractivity (Wildman–Crippen MR) is 70.0 cm³/mol. The first-order valence-electron chi connectivity index (χ1n) is 6.65. The van der Waals surface area contributed by atoms with E-state index in [4.69, 9.17) is 0 Å². The fraction of sp³-hybridized carbons (Fsp3) is 0.533. The van der Waals surface area contributed by atoms with Crippen LogP contribution in [0.4, 0.5) is 0 Å². The van der Waals surface area contributed by atoms with Crippen molar-refractivity contribution in [1.82, 2.24) is 5.32 Å². The van der Waals surface area contributed by atoms with Gasteiger partial charge in [-0.1, -0.05) is 31.2 Å². The van der Waals surface area contributed by atoms with Crippen molar-refractivity contribution in [2.45, 2.75) is 44.9 Å². The second kappa shape index (κ2) is 5.85. The summed E-state index contributed by atoms with van der Waals surface area (Å²) in [4.78, 5) is 11.5. The summed E-state index contributed by atoms with van der Waals surface area (Å²) in [6.07, 6.45) is 5.20. The van der Waals surface area contributed by atoms with Gasteiger partial charge in [-0.2, -0.15) is 0 Å². The molecule has 1 atom stereocenters. The first kappa shape index (κ1) is 12.2. The largest absolute Gasteiger partial charge is 0.355 e. The Bertz CT molecular complexity index is 386. The Morgan fingerprint density at radius 3 is 3.06 bits per heavy atom. The van der Waals surface area contributed by atoms with E-state index in [1.807, 2.05) is 6.92 Å². The molecule has 1 aromatic rings. The number of rotatable bonds is 4. The molecule has 0 aromatic heterocycles. The van der Waals surface area contributed by atoms with Crippen LogP contribution in [0.2, 0.25) is 0 Å². The number of carbonyl (C=O) groups is 1. The highest BCUT2D eigenvalue weighted by Gasteiger charge is 2.19. The maximum absolute atomic E-state index is 11.5. The lowest BCUT2D eigenvalue weighted by Crippen LogP contribution is -2.29. The molecule has 17 heavy (non-hydrogen) atoms. The fourth-order valence-corrected chi connectivity index (χ4v) is 2.62. The minimum Gasteiger partial charge on any atom is -0.355 e. The summed E-state index contributed by atoms with van der Waals surface area (Å²) < 4.78 is 0. The molecule has 2 rings (SSSR count). The maximum atomic E-state index is 11.5. The Balaban J connectivity index is 1.97. The van der Waals surface area contributed by atoms with E-state index in [-0.39, 0.29) is 5.91 Å². The molecule has 92 valence electrons. The van der Waals surface area contributed by atoms with Gasteiger partial charge in [0.1, 0.15) is 0 Å². The topological polar surface area (TPSA) is 29.1 Å². The van der Waals surface area contributed by atoms with Gasteiger partial charge in [0.15, 0.2) is 0 Å². The van der Waals surface area contributed by atoms with E-state index in [1.54, 1.807) is 0 Å². The van der Waals surface area contributed by atoms with Gasteiger partial charge in [0.2, 0.25) is 5.91 Å². The molecule has 1 amide bonds. The van der Waals surface area contributed by atoms with E-state index in [9.17, 15) is 4.79 Å². The predicted octanol–water partition coefficient (Wildman–Crippen LogP) is 3.02. The van der Waals surface area contributed by atoms with Crippen LogP contribution >= 0.6 is 0 Å². The lowest BCUT2D eigenvalue weighted by atomic mass is 9.83. The molecule has 2 nitrogen and oxygen atoms in total. The van der Waals surface area contributed by atoms with Gasteiger partial charge < -0.3 is 5.32 Å². The summed E-state index contributed by atoms with van der Waals surface area (Å²) in [7, 11) is 0. The van der Waals surface area contributed by atoms with Crippen LogP contribution in [-0.4, -0.2) is 12.5 Å². The summed E-state index contributed by atoms with van der Waals surface area (Å²) in [5.74, 6) is 0.705. The van der Waals surface area contributed by atoms with Crippen LogP contribution in [0.15, 0.2) is 24.3 Å². The molecule has 0 heterocycles. The summed E-state index contributed by atoms with van der Waals surface area (Å²) in [5, 5.41) is 3.06. The molecule has 0 aliphatic heterocycles. The minimum absolute atomic E-state index is 0.190. The first-order chi connectivity index (χ1) is 8.31. The number of benzene rings is 1. The van der Waals surface area contributed by atoms with Crippen molar-refractivity contribution in [3.63, 3.8) is 0 Å². The van der Waals surface area contributed by atoms with Gasteiger partial charge in [0.25, 0.3) is 0 Å². The Hall–Kier alpha value is -1.31. The highest BCUT2D eigenvalue weighted by molar-refractivity contribution is 5.75. The fourth-order valence-electron chi connectivity index (χ4n) is 2.62. The Labute approximate surface area is 103 Å². The van der Waals surface area contributed by atoms with Gasteiger partial charge in [-0.15, -0.1) is 0 Å². The molecule has 1 N–H and O–H groups in total. The summed E-state index contributed by atoms with van der Waals surface area (Å²) in [6.45, 7) is 2.84. The van der Waals surface area contributed by atoms with E-state index < -0.39 is 0 Å². The van der Waals surface area contributed by atoms with Crippen molar-refractivity contribution in [3.8, 4) is 0 Å². The van der Waals surface area contributed by atoms with E-state index >= 15 is 0 Å². The molecule has 1 aliphatic carbocycles. The van der Waals surface area contributed by atoms with Crippen LogP contribution < -0.4 is 5.32 Å². The zero-order chi connectivity index (χ0) is 12.1. The number of hydrogen-bond acceptors (Lipinski definition) is 1. The molecular formula is C15H21NO. The number of fused-ring (bicyclic) bond motifs is 1. The third-order valence-electron chi connectivity index (χ3n) is 3.52. The third kappa shape index (κ3) is 3.09. The van der Waals surface area contributed by atoms with Gasteiger partial charge in [-0.25, -0.2) is 0 Å². The van der Waals surface area contributed by atoms with Gasteiger partial charge in [0, 0.05) is 18.9 Å². The van der Waals surface area contributed by atoms with Gasteiger partial charge in [0.05, 0.1) is 0 Å². The monoisotopic (exact) mass is 231 g/mol. The molecule has 1 aliphatic rings. The van der Waals surface area contributed by atoms with Crippen molar-refractivity contribution < 1.29 is 4.79 Å². The average molecular weight is 231 g/mol. The average Bonchev–Trinajstić information content (AvgIpc) is 2.36. The summed E-state index contributed by atoms with van der Waals surface area (Å²) in [6, 6.07) is 8.64. The van der Waals surface area contributed by atoms with Crippen molar-refractivity contribution >= 4 is 5.91 Å². The zero-order valence-electron chi connectivity index (χ0n) is 10.5. The molecular weight excluding hydrogens is 210 g/mol. The number of aryl methyl sites for hydroxylation is 1. The number of carbonyl (C=O) groups excluding carboxylic acids is 1.